The van der Waals surface area contributed by atoms with Gasteiger partial charge in [-0.2, -0.15) is 0 Å². The van der Waals surface area contributed by atoms with Crippen molar-refractivity contribution in [3.63, 3.8) is 0 Å². The van der Waals surface area contributed by atoms with Crippen LogP contribution in [0.2, 0.25) is 0 Å². The Bertz CT molecular complexity index is 1030. The third kappa shape index (κ3) is 3.68. The van der Waals surface area contributed by atoms with Crippen molar-refractivity contribution in [1.29, 1.82) is 0 Å². The third-order valence-corrected chi connectivity index (χ3v) is 4.56. The predicted octanol–water partition coefficient (Wildman–Crippen LogP) is 4.84. The lowest BCUT2D eigenvalue weighted by Gasteiger charge is -2.13. The van der Waals surface area contributed by atoms with E-state index < -0.39 is 17.6 Å². The second-order valence-electron chi connectivity index (χ2n) is 6.37. The summed E-state index contributed by atoms with van der Waals surface area (Å²) in [6, 6.07) is 5.35. The molecule has 0 bridgehead atoms. The van der Waals surface area contributed by atoms with E-state index in [-0.39, 0.29) is 16.9 Å². The number of hydrogen-bond donors (Lipinski definition) is 0. The second-order valence-corrected chi connectivity index (χ2v) is 6.37. The van der Waals surface area contributed by atoms with Crippen molar-refractivity contribution in [3.05, 3.63) is 58.2 Å². The van der Waals surface area contributed by atoms with Crippen molar-refractivity contribution in [2.45, 2.75) is 13.8 Å². The lowest BCUT2D eigenvalue weighted by molar-refractivity contribution is -0.134. The van der Waals surface area contributed by atoms with E-state index in [2.05, 4.69) is 0 Å². The van der Waals surface area contributed by atoms with Crippen LogP contribution >= 0.6 is 0 Å². The Hall–Kier alpha value is -3.35. The molecule has 2 aromatic rings. The molecular formula is C22H20F2O5. The van der Waals surface area contributed by atoms with E-state index in [0.717, 1.165) is 12.1 Å². The zero-order chi connectivity index (χ0) is 21.3. The molecule has 0 N–H and O–H groups in total. The highest BCUT2D eigenvalue weighted by molar-refractivity contribution is 6.05. The number of rotatable bonds is 5. The van der Waals surface area contributed by atoms with Gasteiger partial charge in [0.2, 0.25) is 5.75 Å². The molecule has 0 unspecified atom stereocenters. The molecule has 7 heteroatoms. The predicted molar refractivity (Wildman–Crippen MR) is 105 cm³/mol. The number of allylic oxidation sites excluding steroid dienone is 2. The summed E-state index contributed by atoms with van der Waals surface area (Å²) in [5.41, 5.74) is 1.95. The maximum Gasteiger partial charge on any atom is 0.308 e. The number of fused-ring (bicyclic) bond motifs is 1. The Morgan fingerprint density at radius 1 is 0.966 bits per heavy atom. The van der Waals surface area contributed by atoms with Gasteiger partial charge in [-0.05, 0) is 42.3 Å². The van der Waals surface area contributed by atoms with Gasteiger partial charge >= 0.3 is 5.97 Å². The zero-order valence-electron chi connectivity index (χ0n) is 16.7. The highest BCUT2D eigenvalue weighted by Crippen LogP contribution is 2.45. The fourth-order valence-electron chi connectivity index (χ4n) is 3.35. The topological polar surface area (TPSA) is 54.0 Å². The minimum Gasteiger partial charge on any atom is -0.493 e. The SMILES string of the molecule is COc1cc(/C=C2\C(C)=C(OC(C)=O)c3cc(F)cc(F)c32)cc(OC)c1OC. The number of carbonyl (C=O) groups is 1. The van der Waals surface area contributed by atoms with Gasteiger partial charge in [-0.25, -0.2) is 8.78 Å². The standard InChI is InChI=1S/C22H20F2O5/c1-11-15(6-13-7-18(26-3)22(28-5)19(8-13)27-4)20-16(21(11)29-12(2)25)9-14(23)10-17(20)24/h6-10H,1-5H3/b15-6+. The lowest BCUT2D eigenvalue weighted by atomic mass is 9.99. The summed E-state index contributed by atoms with van der Waals surface area (Å²) in [5.74, 6) is -0.678. The molecule has 0 aliphatic heterocycles. The average Bonchev–Trinajstić information content (AvgIpc) is 2.92. The zero-order valence-corrected chi connectivity index (χ0v) is 16.7. The Morgan fingerprint density at radius 2 is 1.59 bits per heavy atom. The summed E-state index contributed by atoms with van der Waals surface area (Å²) < 4.78 is 49.8. The molecule has 1 aliphatic carbocycles. The molecule has 152 valence electrons. The minimum atomic E-state index is -0.757. The molecule has 0 radical (unpaired) electrons. The Balaban J connectivity index is 2.25. The van der Waals surface area contributed by atoms with Crippen LogP contribution in [0.5, 0.6) is 17.2 Å². The van der Waals surface area contributed by atoms with Crippen LogP contribution in [0.15, 0.2) is 29.8 Å². The van der Waals surface area contributed by atoms with Crippen LogP contribution < -0.4 is 14.2 Å². The van der Waals surface area contributed by atoms with E-state index in [1.165, 1.54) is 28.3 Å². The van der Waals surface area contributed by atoms with E-state index in [1.807, 2.05) is 0 Å². The molecule has 0 spiro atoms. The molecule has 0 fully saturated rings. The van der Waals surface area contributed by atoms with Crippen LogP contribution in [-0.4, -0.2) is 27.3 Å². The van der Waals surface area contributed by atoms with Gasteiger partial charge in [0.25, 0.3) is 0 Å². The van der Waals surface area contributed by atoms with Crippen molar-refractivity contribution in [3.8, 4) is 17.2 Å². The molecule has 29 heavy (non-hydrogen) atoms. The molecule has 0 saturated carbocycles. The fourth-order valence-corrected chi connectivity index (χ4v) is 3.35. The van der Waals surface area contributed by atoms with E-state index in [9.17, 15) is 13.6 Å². The molecule has 0 atom stereocenters. The molecule has 0 amide bonds. The monoisotopic (exact) mass is 402 g/mol. The highest BCUT2D eigenvalue weighted by atomic mass is 19.1. The number of carbonyl (C=O) groups excluding carboxylic acids is 1. The minimum absolute atomic E-state index is 0.129. The summed E-state index contributed by atoms with van der Waals surface area (Å²) >= 11 is 0. The van der Waals surface area contributed by atoms with Crippen LogP contribution in [-0.2, 0) is 9.53 Å². The van der Waals surface area contributed by atoms with Crippen molar-refractivity contribution in [2.75, 3.05) is 21.3 Å². The van der Waals surface area contributed by atoms with Crippen molar-refractivity contribution in [1.82, 2.24) is 0 Å². The van der Waals surface area contributed by atoms with Crippen LogP contribution in [0, 0.1) is 11.6 Å². The molecule has 0 aromatic heterocycles. The molecule has 3 rings (SSSR count). The first-order chi connectivity index (χ1) is 13.8. The van der Waals surface area contributed by atoms with Gasteiger partial charge in [-0.1, -0.05) is 0 Å². The van der Waals surface area contributed by atoms with Crippen LogP contribution in [0.1, 0.15) is 30.5 Å². The molecule has 0 saturated heterocycles. The number of hydrogen-bond acceptors (Lipinski definition) is 5. The van der Waals surface area contributed by atoms with Gasteiger partial charge in [0, 0.05) is 29.7 Å². The van der Waals surface area contributed by atoms with Gasteiger partial charge in [0.05, 0.1) is 21.3 Å². The van der Waals surface area contributed by atoms with Gasteiger partial charge in [-0.15, -0.1) is 0 Å². The first-order valence-electron chi connectivity index (χ1n) is 8.71. The first kappa shape index (κ1) is 20.4. The van der Waals surface area contributed by atoms with Gasteiger partial charge in [-0.3, -0.25) is 4.79 Å². The lowest BCUT2D eigenvalue weighted by Crippen LogP contribution is -1.99. The summed E-state index contributed by atoms with van der Waals surface area (Å²) in [6.07, 6.45) is 1.69. The van der Waals surface area contributed by atoms with Crippen LogP contribution in [0.3, 0.4) is 0 Å². The number of halogens is 2. The van der Waals surface area contributed by atoms with Crippen LogP contribution in [0.4, 0.5) is 8.78 Å². The number of benzene rings is 2. The summed E-state index contributed by atoms with van der Waals surface area (Å²) in [7, 11) is 4.48. The molecule has 2 aromatic carbocycles. The van der Waals surface area contributed by atoms with Crippen molar-refractivity contribution in [2.24, 2.45) is 0 Å². The summed E-state index contributed by atoms with van der Waals surface area (Å²) in [5, 5.41) is 0. The number of ether oxygens (including phenoxy) is 4. The van der Waals surface area contributed by atoms with E-state index in [4.69, 9.17) is 18.9 Å². The molecule has 1 aliphatic rings. The Labute approximate surface area is 167 Å². The van der Waals surface area contributed by atoms with Crippen molar-refractivity contribution >= 4 is 23.4 Å². The average molecular weight is 402 g/mol. The molecule has 0 heterocycles. The van der Waals surface area contributed by atoms with Gasteiger partial charge < -0.3 is 18.9 Å². The second kappa shape index (κ2) is 7.95. The normalized spacial score (nSPS) is 14.1. The first-order valence-corrected chi connectivity index (χ1v) is 8.71. The van der Waals surface area contributed by atoms with E-state index in [0.29, 0.717) is 34.0 Å². The highest BCUT2D eigenvalue weighted by Gasteiger charge is 2.30. The fraction of sp³-hybridized carbons (Fsp3) is 0.227. The van der Waals surface area contributed by atoms with Gasteiger partial charge in [0.1, 0.15) is 17.4 Å². The Morgan fingerprint density at radius 3 is 2.10 bits per heavy atom. The maximum atomic E-state index is 14.7. The smallest absolute Gasteiger partial charge is 0.308 e. The maximum absolute atomic E-state index is 14.7. The molecule has 5 nitrogen and oxygen atoms in total. The number of esters is 1. The van der Waals surface area contributed by atoms with Gasteiger partial charge in [0.15, 0.2) is 11.5 Å². The van der Waals surface area contributed by atoms with Crippen LogP contribution in [0.25, 0.3) is 17.4 Å². The summed E-state index contributed by atoms with van der Waals surface area (Å²) in [4.78, 5) is 11.5. The quantitative estimate of drug-likeness (QED) is 0.670. The van der Waals surface area contributed by atoms with Crippen molar-refractivity contribution < 1.29 is 32.5 Å². The molecular weight excluding hydrogens is 382 g/mol. The third-order valence-electron chi connectivity index (χ3n) is 4.56. The van der Waals surface area contributed by atoms with E-state index >= 15 is 0 Å². The summed E-state index contributed by atoms with van der Waals surface area (Å²) in [6.45, 7) is 2.91. The number of methoxy groups -OCH3 is 3. The van der Waals surface area contributed by atoms with E-state index in [1.54, 1.807) is 25.1 Å². The Kier molecular flexibility index (Phi) is 5.59. The largest absolute Gasteiger partial charge is 0.493 e.